The number of amides is 2. The van der Waals surface area contributed by atoms with Crippen molar-refractivity contribution in [2.75, 3.05) is 23.7 Å². The van der Waals surface area contributed by atoms with E-state index >= 15 is 0 Å². The molecule has 2 amide bonds. The van der Waals surface area contributed by atoms with Gasteiger partial charge in [0.1, 0.15) is 0 Å². The fourth-order valence-corrected chi connectivity index (χ4v) is 2.25. The van der Waals surface area contributed by atoms with Crippen LogP contribution in [0.4, 0.5) is 11.4 Å². The Bertz CT molecular complexity index is 501. The van der Waals surface area contributed by atoms with Crippen LogP contribution in [0.1, 0.15) is 16.8 Å². The van der Waals surface area contributed by atoms with Crippen LogP contribution in [-0.4, -0.2) is 24.9 Å². The molecule has 1 atom stereocenters. The Morgan fingerprint density at radius 3 is 2.56 bits per heavy atom. The van der Waals surface area contributed by atoms with Crippen molar-refractivity contribution in [1.82, 2.24) is 0 Å². The van der Waals surface area contributed by atoms with Gasteiger partial charge in [0.15, 0.2) is 0 Å². The highest BCUT2D eigenvalue weighted by Crippen LogP contribution is 2.30. The van der Waals surface area contributed by atoms with E-state index in [0.29, 0.717) is 30.8 Å². The largest absolute Gasteiger partial charge is 0.396 e. The van der Waals surface area contributed by atoms with Gasteiger partial charge in [0.25, 0.3) is 5.91 Å². The molecule has 1 saturated heterocycles. The Labute approximate surface area is 105 Å². The maximum atomic E-state index is 11.2. The van der Waals surface area contributed by atoms with Crippen LogP contribution in [0.2, 0.25) is 0 Å². The second-order valence-electron chi connectivity index (χ2n) is 4.44. The van der Waals surface area contributed by atoms with E-state index in [-0.39, 0.29) is 11.8 Å². The number of anilines is 2. The number of carbonyl (C=O) groups excluding carboxylic acids is 2. The molecule has 6 heteroatoms. The Balaban J connectivity index is 2.27. The average Bonchev–Trinajstić information content (AvgIpc) is 2.78. The van der Waals surface area contributed by atoms with Crippen LogP contribution in [-0.2, 0) is 4.79 Å². The summed E-state index contributed by atoms with van der Waals surface area (Å²) in [5, 5.41) is 0. The first kappa shape index (κ1) is 12.2. The highest BCUT2D eigenvalue weighted by Gasteiger charge is 2.28. The lowest BCUT2D eigenvalue weighted by Crippen LogP contribution is -2.28. The van der Waals surface area contributed by atoms with Crippen LogP contribution in [0.15, 0.2) is 18.2 Å². The molecule has 1 unspecified atom stereocenters. The number of benzene rings is 1. The zero-order valence-electron chi connectivity index (χ0n) is 9.93. The van der Waals surface area contributed by atoms with Gasteiger partial charge in [-0.1, -0.05) is 6.07 Å². The van der Waals surface area contributed by atoms with Crippen LogP contribution in [0.5, 0.6) is 0 Å². The minimum atomic E-state index is -0.556. The molecule has 0 aliphatic carbocycles. The molecule has 0 spiro atoms. The van der Waals surface area contributed by atoms with Crippen molar-refractivity contribution >= 4 is 23.2 Å². The molecule has 0 bridgehead atoms. The van der Waals surface area contributed by atoms with Gasteiger partial charge in [0.2, 0.25) is 5.91 Å². The summed E-state index contributed by atoms with van der Waals surface area (Å²) < 4.78 is 0. The number of nitrogens with two attached hydrogens (primary N) is 3. The highest BCUT2D eigenvalue weighted by molar-refractivity contribution is 6.01. The molecule has 0 aromatic heterocycles. The summed E-state index contributed by atoms with van der Waals surface area (Å²) in [5.41, 5.74) is 17.8. The molecule has 1 fully saturated rings. The lowest BCUT2D eigenvalue weighted by Gasteiger charge is -2.21. The second kappa shape index (κ2) is 4.56. The number of nitrogen functional groups attached to an aromatic ring is 1. The molecular weight excluding hydrogens is 232 g/mol. The van der Waals surface area contributed by atoms with Gasteiger partial charge in [-0.15, -0.1) is 0 Å². The van der Waals surface area contributed by atoms with E-state index in [2.05, 4.69) is 0 Å². The number of carbonyl (C=O) groups is 2. The number of rotatable bonds is 3. The molecule has 6 N–H and O–H groups in total. The average molecular weight is 248 g/mol. The van der Waals surface area contributed by atoms with E-state index < -0.39 is 5.91 Å². The number of primary amides is 2. The third-order valence-electron chi connectivity index (χ3n) is 3.28. The van der Waals surface area contributed by atoms with Gasteiger partial charge in [-0.2, -0.15) is 0 Å². The lowest BCUT2D eigenvalue weighted by molar-refractivity contribution is -0.121. The van der Waals surface area contributed by atoms with Gasteiger partial charge in [-0.3, -0.25) is 9.59 Å². The molecule has 18 heavy (non-hydrogen) atoms. The number of nitrogens with zero attached hydrogens (tertiary/aromatic N) is 1. The Hall–Kier alpha value is -2.24. The van der Waals surface area contributed by atoms with Gasteiger partial charge >= 0.3 is 0 Å². The van der Waals surface area contributed by atoms with Crippen molar-refractivity contribution in [3.8, 4) is 0 Å². The lowest BCUT2D eigenvalue weighted by atomic mass is 10.1. The summed E-state index contributed by atoms with van der Waals surface area (Å²) in [6.07, 6.45) is 0.704. The molecule has 1 heterocycles. The van der Waals surface area contributed by atoms with Gasteiger partial charge in [0.05, 0.1) is 22.9 Å². The van der Waals surface area contributed by atoms with Crippen molar-refractivity contribution in [3.05, 3.63) is 23.8 Å². The summed E-state index contributed by atoms with van der Waals surface area (Å²) in [4.78, 5) is 24.3. The number of hydrogen-bond acceptors (Lipinski definition) is 4. The topological polar surface area (TPSA) is 115 Å². The quantitative estimate of drug-likeness (QED) is 0.635. The monoisotopic (exact) mass is 248 g/mol. The van der Waals surface area contributed by atoms with E-state index in [9.17, 15) is 9.59 Å². The standard InChI is InChI=1S/C12H16N4O2/c13-10-8(12(15)18)2-1-3-9(10)16-5-4-7(6-16)11(14)17/h1-3,7H,4-6,13H2,(H2,14,17)(H2,15,18). The van der Waals surface area contributed by atoms with E-state index in [0.717, 1.165) is 5.69 Å². The van der Waals surface area contributed by atoms with Crippen molar-refractivity contribution in [3.63, 3.8) is 0 Å². The van der Waals surface area contributed by atoms with Gasteiger partial charge in [-0.05, 0) is 18.6 Å². The summed E-state index contributed by atoms with van der Waals surface area (Å²) in [6.45, 7) is 1.22. The molecular formula is C12H16N4O2. The third-order valence-corrected chi connectivity index (χ3v) is 3.28. The van der Waals surface area contributed by atoms with Crippen LogP contribution in [0, 0.1) is 5.92 Å². The van der Waals surface area contributed by atoms with Gasteiger partial charge in [0, 0.05) is 13.1 Å². The van der Waals surface area contributed by atoms with Crippen molar-refractivity contribution in [1.29, 1.82) is 0 Å². The predicted octanol–water partition coefficient (Wildman–Crippen LogP) is -0.321. The fourth-order valence-electron chi connectivity index (χ4n) is 2.25. The minimum Gasteiger partial charge on any atom is -0.396 e. The molecule has 1 aliphatic heterocycles. The summed E-state index contributed by atoms with van der Waals surface area (Å²) in [6, 6.07) is 5.12. The molecule has 0 saturated carbocycles. The van der Waals surface area contributed by atoms with Crippen molar-refractivity contribution < 1.29 is 9.59 Å². The molecule has 96 valence electrons. The summed E-state index contributed by atoms with van der Waals surface area (Å²) in [5.74, 6) is -1.02. The van der Waals surface area contributed by atoms with Crippen LogP contribution in [0.25, 0.3) is 0 Å². The first-order valence-corrected chi connectivity index (χ1v) is 5.73. The van der Waals surface area contributed by atoms with E-state index in [4.69, 9.17) is 17.2 Å². The molecule has 2 rings (SSSR count). The van der Waals surface area contributed by atoms with Gasteiger partial charge < -0.3 is 22.1 Å². The first-order valence-electron chi connectivity index (χ1n) is 5.73. The van der Waals surface area contributed by atoms with Crippen LogP contribution >= 0.6 is 0 Å². The van der Waals surface area contributed by atoms with Crippen molar-refractivity contribution in [2.45, 2.75) is 6.42 Å². The Morgan fingerprint density at radius 1 is 1.28 bits per heavy atom. The van der Waals surface area contributed by atoms with Crippen molar-refractivity contribution in [2.24, 2.45) is 17.4 Å². The molecule has 6 nitrogen and oxygen atoms in total. The van der Waals surface area contributed by atoms with Crippen LogP contribution in [0.3, 0.4) is 0 Å². The third kappa shape index (κ3) is 2.09. The molecule has 0 radical (unpaired) electrons. The Morgan fingerprint density at radius 2 is 2.00 bits per heavy atom. The number of hydrogen-bond donors (Lipinski definition) is 3. The van der Waals surface area contributed by atoms with E-state index in [1.807, 2.05) is 11.0 Å². The SMILES string of the molecule is NC(=O)c1cccc(N2CCC(C(N)=O)C2)c1N. The second-order valence-corrected chi connectivity index (χ2v) is 4.44. The van der Waals surface area contributed by atoms with Crippen LogP contribution < -0.4 is 22.1 Å². The zero-order chi connectivity index (χ0) is 13.3. The van der Waals surface area contributed by atoms with Gasteiger partial charge in [-0.25, -0.2) is 0 Å². The first-order chi connectivity index (χ1) is 8.50. The normalized spacial score (nSPS) is 18.9. The molecule has 1 aromatic carbocycles. The summed E-state index contributed by atoms with van der Waals surface area (Å²) in [7, 11) is 0. The predicted molar refractivity (Wildman–Crippen MR) is 68.9 cm³/mol. The smallest absolute Gasteiger partial charge is 0.250 e. The summed E-state index contributed by atoms with van der Waals surface area (Å²) >= 11 is 0. The minimum absolute atomic E-state index is 0.165. The Kier molecular flexibility index (Phi) is 3.10. The molecule has 1 aromatic rings. The molecule has 1 aliphatic rings. The zero-order valence-corrected chi connectivity index (χ0v) is 9.93. The fraction of sp³-hybridized carbons (Fsp3) is 0.333. The number of para-hydroxylation sites is 1. The maximum Gasteiger partial charge on any atom is 0.250 e. The van der Waals surface area contributed by atoms with E-state index in [1.165, 1.54) is 0 Å². The van der Waals surface area contributed by atoms with E-state index in [1.54, 1.807) is 12.1 Å². The highest BCUT2D eigenvalue weighted by atomic mass is 16.1. The maximum absolute atomic E-state index is 11.2.